The van der Waals surface area contributed by atoms with Crippen LogP contribution in [0.5, 0.6) is 0 Å². The molecule has 100 valence electrons. The second kappa shape index (κ2) is 5.40. The standard InChI is InChI=1S/C14H12N4O2/c19-14(13-6-8-20-18-13)15-9-10-1-3-11(4-2-10)12-5-7-16-17-12/h1-8H,9H2,(H,15,19)(H,16,17). The maximum Gasteiger partial charge on any atom is 0.273 e. The maximum absolute atomic E-state index is 11.7. The fourth-order valence-corrected chi connectivity index (χ4v) is 1.82. The summed E-state index contributed by atoms with van der Waals surface area (Å²) < 4.78 is 4.62. The molecule has 2 aromatic heterocycles. The van der Waals surface area contributed by atoms with Gasteiger partial charge in [0.1, 0.15) is 6.26 Å². The second-order valence-corrected chi connectivity index (χ2v) is 4.23. The van der Waals surface area contributed by atoms with Crippen LogP contribution in [0, 0.1) is 0 Å². The summed E-state index contributed by atoms with van der Waals surface area (Å²) in [6.07, 6.45) is 3.08. The van der Waals surface area contributed by atoms with E-state index in [1.807, 2.05) is 30.3 Å². The van der Waals surface area contributed by atoms with Crippen LogP contribution in [-0.4, -0.2) is 21.3 Å². The van der Waals surface area contributed by atoms with Crippen molar-refractivity contribution in [1.29, 1.82) is 0 Å². The lowest BCUT2D eigenvalue weighted by molar-refractivity contribution is 0.0942. The van der Waals surface area contributed by atoms with Gasteiger partial charge in [0.2, 0.25) is 0 Å². The lowest BCUT2D eigenvalue weighted by Gasteiger charge is -2.04. The van der Waals surface area contributed by atoms with Crippen molar-refractivity contribution in [2.75, 3.05) is 0 Å². The Morgan fingerprint density at radius 1 is 1.20 bits per heavy atom. The molecule has 1 amide bonds. The summed E-state index contributed by atoms with van der Waals surface area (Å²) >= 11 is 0. The van der Waals surface area contributed by atoms with E-state index in [1.54, 1.807) is 6.20 Å². The number of amides is 1. The molecule has 6 nitrogen and oxygen atoms in total. The maximum atomic E-state index is 11.7. The van der Waals surface area contributed by atoms with Crippen LogP contribution < -0.4 is 5.32 Å². The van der Waals surface area contributed by atoms with Gasteiger partial charge in [-0.25, -0.2) is 0 Å². The molecule has 3 aromatic rings. The minimum atomic E-state index is -0.253. The highest BCUT2D eigenvalue weighted by Crippen LogP contribution is 2.16. The number of aromatic nitrogens is 3. The van der Waals surface area contributed by atoms with Gasteiger partial charge in [-0.1, -0.05) is 29.4 Å². The van der Waals surface area contributed by atoms with E-state index in [4.69, 9.17) is 0 Å². The van der Waals surface area contributed by atoms with Crippen molar-refractivity contribution in [2.24, 2.45) is 0 Å². The van der Waals surface area contributed by atoms with E-state index >= 15 is 0 Å². The first-order valence-corrected chi connectivity index (χ1v) is 6.10. The fourth-order valence-electron chi connectivity index (χ4n) is 1.82. The van der Waals surface area contributed by atoms with Gasteiger partial charge in [-0.2, -0.15) is 5.10 Å². The Labute approximate surface area is 114 Å². The van der Waals surface area contributed by atoms with Gasteiger partial charge in [-0.05, 0) is 17.2 Å². The first-order valence-electron chi connectivity index (χ1n) is 6.10. The lowest BCUT2D eigenvalue weighted by atomic mass is 10.1. The predicted octanol–water partition coefficient (Wildman–Crippen LogP) is 1.99. The van der Waals surface area contributed by atoms with E-state index in [0.717, 1.165) is 16.8 Å². The van der Waals surface area contributed by atoms with Gasteiger partial charge in [-0.15, -0.1) is 0 Å². The van der Waals surface area contributed by atoms with Gasteiger partial charge in [0.05, 0.1) is 5.69 Å². The van der Waals surface area contributed by atoms with Crippen molar-refractivity contribution < 1.29 is 9.32 Å². The first-order chi connectivity index (χ1) is 9.83. The number of H-pyrrole nitrogens is 1. The van der Waals surface area contributed by atoms with Crippen molar-refractivity contribution in [3.63, 3.8) is 0 Å². The van der Waals surface area contributed by atoms with E-state index in [9.17, 15) is 4.79 Å². The van der Waals surface area contributed by atoms with Crippen LogP contribution in [0.4, 0.5) is 0 Å². The molecule has 1 aromatic carbocycles. The number of carbonyl (C=O) groups excluding carboxylic acids is 1. The molecule has 0 unspecified atom stereocenters. The average Bonchev–Trinajstić information content (AvgIpc) is 3.18. The van der Waals surface area contributed by atoms with Crippen molar-refractivity contribution in [3.05, 3.63) is 60.1 Å². The second-order valence-electron chi connectivity index (χ2n) is 4.23. The number of aromatic amines is 1. The third-order valence-corrected chi connectivity index (χ3v) is 2.89. The number of nitrogens with one attached hydrogen (secondary N) is 2. The van der Waals surface area contributed by atoms with E-state index in [2.05, 4.69) is 25.2 Å². The highest BCUT2D eigenvalue weighted by molar-refractivity contribution is 5.91. The molecule has 20 heavy (non-hydrogen) atoms. The van der Waals surface area contributed by atoms with Gasteiger partial charge in [0, 0.05) is 18.8 Å². The SMILES string of the molecule is O=C(NCc1ccc(-c2ccn[nH]2)cc1)c1ccon1. The Bertz CT molecular complexity index is 673. The predicted molar refractivity (Wildman–Crippen MR) is 71.7 cm³/mol. The average molecular weight is 268 g/mol. The summed E-state index contributed by atoms with van der Waals surface area (Å²) in [5.41, 5.74) is 3.29. The Kier molecular flexibility index (Phi) is 3.28. The zero-order chi connectivity index (χ0) is 13.8. The molecule has 0 atom stereocenters. The van der Waals surface area contributed by atoms with Crippen molar-refractivity contribution in [1.82, 2.24) is 20.7 Å². The molecule has 0 radical (unpaired) electrons. The van der Waals surface area contributed by atoms with Crippen LogP contribution in [-0.2, 0) is 6.54 Å². The quantitative estimate of drug-likeness (QED) is 0.758. The lowest BCUT2D eigenvalue weighted by Crippen LogP contribution is -2.22. The number of nitrogens with zero attached hydrogens (tertiary/aromatic N) is 2. The Hall–Kier alpha value is -2.89. The topological polar surface area (TPSA) is 83.8 Å². The molecule has 0 saturated heterocycles. The Morgan fingerprint density at radius 3 is 2.70 bits per heavy atom. The van der Waals surface area contributed by atoms with Crippen LogP contribution in [0.15, 0.2) is 53.4 Å². The largest absolute Gasteiger partial charge is 0.364 e. The monoisotopic (exact) mass is 268 g/mol. The third-order valence-electron chi connectivity index (χ3n) is 2.89. The number of hydrogen-bond donors (Lipinski definition) is 2. The van der Waals surface area contributed by atoms with Crippen LogP contribution in [0.2, 0.25) is 0 Å². The molecule has 2 heterocycles. The zero-order valence-electron chi connectivity index (χ0n) is 10.5. The fraction of sp³-hybridized carbons (Fsp3) is 0.0714. The minimum absolute atomic E-state index is 0.253. The van der Waals surface area contributed by atoms with E-state index in [1.165, 1.54) is 12.3 Å². The van der Waals surface area contributed by atoms with Gasteiger partial charge in [0.15, 0.2) is 5.69 Å². The zero-order valence-corrected chi connectivity index (χ0v) is 10.5. The summed E-state index contributed by atoms with van der Waals surface area (Å²) in [4.78, 5) is 11.7. The van der Waals surface area contributed by atoms with Crippen LogP contribution >= 0.6 is 0 Å². The molecule has 3 rings (SSSR count). The molecule has 0 spiro atoms. The highest BCUT2D eigenvalue weighted by atomic mass is 16.5. The van der Waals surface area contributed by atoms with Gasteiger partial charge >= 0.3 is 0 Å². The molecule has 0 aliphatic carbocycles. The molecular formula is C14H12N4O2. The number of carbonyl (C=O) groups is 1. The van der Waals surface area contributed by atoms with Gasteiger partial charge < -0.3 is 9.84 Å². The van der Waals surface area contributed by atoms with Crippen LogP contribution in [0.1, 0.15) is 16.1 Å². The third kappa shape index (κ3) is 2.59. The van der Waals surface area contributed by atoms with Crippen LogP contribution in [0.25, 0.3) is 11.3 Å². The molecule has 0 aliphatic rings. The normalized spacial score (nSPS) is 10.4. The summed E-state index contributed by atoms with van der Waals surface area (Å²) in [5, 5.41) is 13.2. The van der Waals surface area contributed by atoms with Gasteiger partial charge in [0.25, 0.3) is 5.91 Å². The Morgan fingerprint density at radius 2 is 2.05 bits per heavy atom. The first kappa shape index (κ1) is 12.2. The van der Waals surface area contributed by atoms with E-state index in [-0.39, 0.29) is 11.6 Å². The van der Waals surface area contributed by atoms with E-state index in [0.29, 0.717) is 6.54 Å². The molecular weight excluding hydrogens is 256 g/mol. The van der Waals surface area contributed by atoms with E-state index < -0.39 is 0 Å². The van der Waals surface area contributed by atoms with Crippen molar-refractivity contribution in [2.45, 2.75) is 6.54 Å². The summed E-state index contributed by atoms with van der Waals surface area (Å²) in [7, 11) is 0. The molecule has 0 aliphatic heterocycles. The number of benzene rings is 1. The molecule has 2 N–H and O–H groups in total. The van der Waals surface area contributed by atoms with Crippen molar-refractivity contribution >= 4 is 5.91 Å². The van der Waals surface area contributed by atoms with Gasteiger partial charge in [-0.3, -0.25) is 9.89 Å². The number of rotatable bonds is 4. The summed E-state index contributed by atoms with van der Waals surface area (Å²) in [6, 6.07) is 11.3. The molecule has 0 fully saturated rings. The molecule has 0 bridgehead atoms. The van der Waals surface area contributed by atoms with Crippen LogP contribution in [0.3, 0.4) is 0 Å². The number of hydrogen-bond acceptors (Lipinski definition) is 4. The highest BCUT2D eigenvalue weighted by Gasteiger charge is 2.08. The molecule has 6 heteroatoms. The Balaban J connectivity index is 1.63. The summed E-state index contributed by atoms with van der Waals surface area (Å²) in [5.74, 6) is -0.253. The summed E-state index contributed by atoms with van der Waals surface area (Å²) in [6.45, 7) is 0.439. The van der Waals surface area contributed by atoms with Crippen molar-refractivity contribution in [3.8, 4) is 11.3 Å². The molecule has 0 saturated carbocycles. The smallest absolute Gasteiger partial charge is 0.273 e. The minimum Gasteiger partial charge on any atom is -0.364 e.